The van der Waals surface area contributed by atoms with Gasteiger partial charge in [-0.1, -0.05) is 36.4 Å². The van der Waals surface area contributed by atoms with E-state index in [0.29, 0.717) is 11.5 Å². The Bertz CT molecular complexity index is 916. The van der Waals surface area contributed by atoms with E-state index in [1.807, 2.05) is 30.3 Å². The maximum Gasteiger partial charge on any atom is 0.337 e. The Morgan fingerprint density at radius 3 is 2.67 bits per heavy atom. The third-order valence-electron chi connectivity index (χ3n) is 5.47. The summed E-state index contributed by atoms with van der Waals surface area (Å²) in [6, 6.07) is 13.5. The van der Waals surface area contributed by atoms with Crippen molar-refractivity contribution in [1.29, 1.82) is 0 Å². The molecule has 2 aromatic rings. The van der Waals surface area contributed by atoms with Crippen LogP contribution in [-0.4, -0.2) is 24.2 Å². The number of hydrogen-bond acceptors (Lipinski definition) is 4. The Kier molecular flexibility index (Phi) is 4.44. The number of carbonyl (C=O) groups is 2. The lowest BCUT2D eigenvalue weighted by molar-refractivity contribution is -0.136. The SMILES string of the molecule is COC(=O)c1ccc(C2Nc3ccc(CC(=O)O)cc3C3C=CCC32)cc1. The average molecular weight is 363 g/mol. The van der Waals surface area contributed by atoms with Crippen molar-refractivity contribution in [2.75, 3.05) is 12.4 Å². The quantitative estimate of drug-likeness (QED) is 0.636. The van der Waals surface area contributed by atoms with Crippen LogP contribution in [0.25, 0.3) is 0 Å². The molecule has 3 unspecified atom stereocenters. The van der Waals surface area contributed by atoms with Crippen molar-refractivity contribution in [2.45, 2.75) is 24.8 Å². The van der Waals surface area contributed by atoms with E-state index in [1.165, 1.54) is 7.11 Å². The summed E-state index contributed by atoms with van der Waals surface area (Å²) in [4.78, 5) is 22.7. The van der Waals surface area contributed by atoms with E-state index in [2.05, 4.69) is 17.5 Å². The predicted molar refractivity (Wildman–Crippen MR) is 102 cm³/mol. The second-order valence-corrected chi connectivity index (χ2v) is 7.08. The highest BCUT2D eigenvalue weighted by molar-refractivity contribution is 5.89. The number of methoxy groups -OCH3 is 1. The summed E-state index contributed by atoms with van der Waals surface area (Å²) in [6.45, 7) is 0. The van der Waals surface area contributed by atoms with Crippen LogP contribution in [0.3, 0.4) is 0 Å². The first-order valence-electron chi connectivity index (χ1n) is 9.03. The second kappa shape index (κ2) is 6.91. The van der Waals surface area contributed by atoms with E-state index >= 15 is 0 Å². The topological polar surface area (TPSA) is 75.6 Å². The minimum atomic E-state index is -0.819. The number of fused-ring (bicyclic) bond motifs is 3. The molecule has 4 rings (SSSR count). The first-order valence-corrected chi connectivity index (χ1v) is 9.03. The number of nitrogens with one attached hydrogen (secondary N) is 1. The molecule has 138 valence electrons. The fourth-order valence-corrected chi connectivity index (χ4v) is 4.20. The molecule has 0 radical (unpaired) electrons. The molecule has 2 aliphatic rings. The Morgan fingerprint density at radius 2 is 1.96 bits per heavy atom. The maximum absolute atomic E-state index is 11.7. The summed E-state index contributed by atoms with van der Waals surface area (Å²) < 4.78 is 4.77. The Hall–Kier alpha value is -3.08. The lowest BCUT2D eigenvalue weighted by Crippen LogP contribution is -2.29. The van der Waals surface area contributed by atoms with Crippen molar-refractivity contribution in [2.24, 2.45) is 5.92 Å². The summed E-state index contributed by atoms with van der Waals surface area (Å²) >= 11 is 0. The van der Waals surface area contributed by atoms with Crippen LogP contribution in [0.5, 0.6) is 0 Å². The third-order valence-corrected chi connectivity index (χ3v) is 5.47. The normalized spacial score (nSPS) is 22.5. The summed E-state index contributed by atoms with van der Waals surface area (Å²) in [7, 11) is 1.38. The Balaban J connectivity index is 1.66. The molecule has 2 N–H and O–H groups in total. The highest BCUT2D eigenvalue weighted by atomic mass is 16.5. The molecule has 0 amide bonds. The van der Waals surface area contributed by atoms with Gasteiger partial charge in [-0.25, -0.2) is 4.79 Å². The molecule has 27 heavy (non-hydrogen) atoms. The van der Waals surface area contributed by atoms with Gasteiger partial charge in [-0.2, -0.15) is 0 Å². The van der Waals surface area contributed by atoms with Crippen LogP contribution in [0.4, 0.5) is 5.69 Å². The molecule has 0 bridgehead atoms. The third kappa shape index (κ3) is 3.21. The van der Waals surface area contributed by atoms with Gasteiger partial charge in [-0.3, -0.25) is 4.79 Å². The van der Waals surface area contributed by atoms with Crippen molar-refractivity contribution in [3.8, 4) is 0 Å². The van der Waals surface area contributed by atoms with Gasteiger partial charge in [-0.15, -0.1) is 0 Å². The number of anilines is 1. The Labute approximate surface area is 157 Å². The molecular weight excluding hydrogens is 342 g/mol. The number of rotatable bonds is 4. The lowest BCUT2D eigenvalue weighted by atomic mass is 9.76. The minimum absolute atomic E-state index is 0.0345. The molecule has 1 aliphatic heterocycles. The zero-order valence-corrected chi connectivity index (χ0v) is 15.0. The van der Waals surface area contributed by atoms with Crippen LogP contribution in [0, 0.1) is 5.92 Å². The molecule has 0 spiro atoms. The molecule has 0 fully saturated rings. The van der Waals surface area contributed by atoms with Gasteiger partial charge in [0.2, 0.25) is 0 Å². The van der Waals surface area contributed by atoms with Gasteiger partial charge >= 0.3 is 11.9 Å². The molecular formula is C22H21NO4. The van der Waals surface area contributed by atoms with Gasteiger partial charge in [0.25, 0.3) is 0 Å². The number of aliphatic carboxylic acids is 1. The second-order valence-electron chi connectivity index (χ2n) is 7.08. The van der Waals surface area contributed by atoms with Crippen LogP contribution >= 0.6 is 0 Å². The molecule has 2 aromatic carbocycles. The van der Waals surface area contributed by atoms with Gasteiger partial charge in [0, 0.05) is 11.6 Å². The highest BCUT2D eigenvalue weighted by Gasteiger charge is 2.37. The number of hydrogen-bond donors (Lipinski definition) is 2. The summed E-state index contributed by atoms with van der Waals surface area (Å²) in [6.07, 6.45) is 5.42. The monoisotopic (exact) mass is 363 g/mol. The fourth-order valence-electron chi connectivity index (χ4n) is 4.20. The van der Waals surface area contributed by atoms with Crippen molar-refractivity contribution in [3.63, 3.8) is 0 Å². The lowest BCUT2D eigenvalue weighted by Gasteiger charge is -2.37. The molecule has 1 heterocycles. The van der Waals surface area contributed by atoms with E-state index in [-0.39, 0.29) is 24.3 Å². The number of carbonyl (C=O) groups excluding carboxylic acids is 1. The van der Waals surface area contributed by atoms with Crippen molar-refractivity contribution >= 4 is 17.6 Å². The van der Waals surface area contributed by atoms with Crippen molar-refractivity contribution < 1.29 is 19.4 Å². The van der Waals surface area contributed by atoms with Crippen molar-refractivity contribution in [3.05, 3.63) is 76.9 Å². The molecule has 0 aromatic heterocycles. The van der Waals surface area contributed by atoms with Crippen molar-refractivity contribution in [1.82, 2.24) is 0 Å². The number of benzene rings is 2. The predicted octanol–water partition coefficient (Wildman–Crippen LogP) is 3.93. The molecule has 0 saturated heterocycles. The largest absolute Gasteiger partial charge is 0.481 e. The minimum Gasteiger partial charge on any atom is -0.481 e. The van der Waals surface area contributed by atoms with Gasteiger partial charge in [0.1, 0.15) is 0 Å². The number of esters is 1. The van der Waals surface area contributed by atoms with Crippen LogP contribution in [0.1, 0.15) is 45.4 Å². The highest BCUT2D eigenvalue weighted by Crippen LogP contribution is 2.49. The number of carboxylic acid groups (broad SMARTS) is 1. The zero-order valence-electron chi connectivity index (χ0n) is 15.0. The molecule has 0 saturated carbocycles. The molecule has 5 nitrogen and oxygen atoms in total. The van der Waals surface area contributed by atoms with Gasteiger partial charge in [0.15, 0.2) is 0 Å². The average Bonchev–Trinajstić information content (AvgIpc) is 3.17. The molecule has 3 atom stereocenters. The van der Waals surface area contributed by atoms with Crippen LogP contribution < -0.4 is 5.32 Å². The van der Waals surface area contributed by atoms with Gasteiger partial charge < -0.3 is 15.2 Å². The van der Waals surface area contributed by atoms with E-state index in [1.54, 1.807) is 12.1 Å². The Morgan fingerprint density at radius 1 is 1.19 bits per heavy atom. The summed E-state index contributed by atoms with van der Waals surface area (Å²) in [5, 5.41) is 12.7. The number of ether oxygens (including phenoxy) is 1. The van der Waals surface area contributed by atoms with E-state index in [0.717, 1.165) is 28.8 Å². The number of carboxylic acids is 1. The van der Waals surface area contributed by atoms with Crippen LogP contribution in [0.2, 0.25) is 0 Å². The van der Waals surface area contributed by atoms with E-state index < -0.39 is 5.97 Å². The molecule has 5 heteroatoms. The smallest absolute Gasteiger partial charge is 0.337 e. The maximum atomic E-state index is 11.7. The first kappa shape index (κ1) is 17.3. The fraction of sp³-hybridized carbons (Fsp3) is 0.273. The number of allylic oxidation sites excluding steroid dienone is 2. The standard InChI is InChI=1S/C22H21NO4/c1-27-22(26)15-8-6-14(7-9-15)21-17-4-2-3-16(17)18-11-13(12-20(24)25)5-10-19(18)23-21/h2-3,5-11,16-17,21,23H,4,12H2,1H3,(H,24,25). The first-order chi connectivity index (χ1) is 13.1. The van der Waals surface area contributed by atoms with E-state index in [9.17, 15) is 9.59 Å². The zero-order chi connectivity index (χ0) is 19.0. The van der Waals surface area contributed by atoms with Crippen LogP contribution in [-0.2, 0) is 16.0 Å². The van der Waals surface area contributed by atoms with Gasteiger partial charge in [0.05, 0.1) is 25.1 Å². The van der Waals surface area contributed by atoms with E-state index in [4.69, 9.17) is 9.84 Å². The van der Waals surface area contributed by atoms with Gasteiger partial charge in [-0.05, 0) is 47.2 Å². The van der Waals surface area contributed by atoms with Crippen LogP contribution in [0.15, 0.2) is 54.6 Å². The molecule has 1 aliphatic carbocycles. The summed E-state index contributed by atoms with van der Waals surface area (Å²) in [5.74, 6) is -0.530. The summed E-state index contributed by atoms with van der Waals surface area (Å²) in [5.41, 5.74) is 4.69.